The number of fused-ring (bicyclic) bond motifs is 1. The third-order valence-corrected chi connectivity index (χ3v) is 2.93. The van der Waals surface area contributed by atoms with Crippen LogP contribution in [0, 0.1) is 6.92 Å². The Morgan fingerprint density at radius 2 is 2.20 bits per heavy atom. The highest BCUT2D eigenvalue weighted by molar-refractivity contribution is 5.80. The molecular formula is C13H16N2. The molecule has 0 saturated heterocycles. The van der Waals surface area contributed by atoms with E-state index in [-0.39, 0.29) is 0 Å². The molecule has 0 bridgehead atoms. The van der Waals surface area contributed by atoms with Crippen molar-refractivity contribution in [3.63, 3.8) is 0 Å². The summed E-state index contributed by atoms with van der Waals surface area (Å²) in [5, 5.41) is 1.16. The van der Waals surface area contributed by atoms with E-state index < -0.39 is 0 Å². The highest BCUT2D eigenvalue weighted by atomic mass is 14.7. The van der Waals surface area contributed by atoms with Crippen molar-refractivity contribution in [1.29, 1.82) is 0 Å². The normalized spacial score (nSPS) is 13.0. The second kappa shape index (κ2) is 3.97. The van der Waals surface area contributed by atoms with Crippen LogP contribution < -0.4 is 0 Å². The fraction of sp³-hybridized carbons (Fsp3) is 0.385. The molecule has 0 spiro atoms. The summed E-state index contributed by atoms with van der Waals surface area (Å²) < 4.78 is 0. The van der Waals surface area contributed by atoms with Crippen LogP contribution in [-0.2, 0) is 0 Å². The molecule has 0 fully saturated rings. The molecule has 0 radical (unpaired) electrons. The van der Waals surface area contributed by atoms with Gasteiger partial charge in [-0.25, -0.2) is 0 Å². The minimum Gasteiger partial charge on any atom is -0.257 e. The molecular weight excluding hydrogens is 184 g/mol. The van der Waals surface area contributed by atoms with Gasteiger partial charge in [-0.3, -0.25) is 9.97 Å². The minimum absolute atomic E-state index is 0.509. The van der Waals surface area contributed by atoms with Crippen molar-refractivity contribution in [3.8, 4) is 0 Å². The topological polar surface area (TPSA) is 25.8 Å². The first-order valence-corrected chi connectivity index (χ1v) is 5.44. The van der Waals surface area contributed by atoms with Crippen LogP contribution in [0.5, 0.6) is 0 Å². The fourth-order valence-corrected chi connectivity index (χ4v) is 1.73. The van der Waals surface area contributed by atoms with Gasteiger partial charge in [0.15, 0.2) is 0 Å². The highest BCUT2D eigenvalue weighted by Crippen LogP contribution is 2.22. The summed E-state index contributed by atoms with van der Waals surface area (Å²) in [6.45, 7) is 6.44. The van der Waals surface area contributed by atoms with E-state index in [4.69, 9.17) is 0 Å². The summed E-state index contributed by atoms with van der Waals surface area (Å²) in [5.41, 5.74) is 3.29. The van der Waals surface area contributed by atoms with E-state index in [1.165, 1.54) is 0 Å². The van der Waals surface area contributed by atoms with Crippen LogP contribution >= 0.6 is 0 Å². The number of aryl methyl sites for hydroxylation is 1. The third-order valence-electron chi connectivity index (χ3n) is 2.93. The lowest BCUT2D eigenvalue weighted by Gasteiger charge is -2.10. The van der Waals surface area contributed by atoms with Gasteiger partial charge in [0.05, 0.1) is 5.52 Å². The highest BCUT2D eigenvalue weighted by Gasteiger charge is 2.08. The second-order valence-corrected chi connectivity index (χ2v) is 4.01. The Bertz CT molecular complexity index is 477. The molecule has 0 aliphatic heterocycles. The van der Waals surface area contributed by atoms with E-state index in [1.54, 1.807) is 0 Å². The largest absolute Gasteiger partial charge is 0.257 e. The van der Waals surface area contributed by atoms with E-state index in [9.17, 15) is 0 Å². The van der Waals surface area contributed by atoms with Crippen LogP contribution in [0.1, 0.15) is 37.6 Å². The molecule has 1 atom stereocenters. The van der Waals surface area contributed by atoms with E-state index in [2.05, 4.69) is 42.9 Å². The van der Waals surface area contributed by atoms with Gasteiger partial charge in [-0.05, 0) is 37.5 Å². The van der Waals surface area contributed by atoms with Crippen molar-refractivity contribution in [2.75, 3.05) is 0 Å². The Morgan fingerprint density at radius 1 is 1.40 bits per heavy atom. The number of aromatic nitrogens is 2. The number of hydrogen-bond donors (Lipinski definition) is 0. The van der Waals surface area contributed by atoms with Crippen molar-refractivity contribution in [1.82, 2.24) is 9.97 Å². The molecule has 15 heavy (non-hydrogen) atoms. The second-order valence-electron chi connectivity index (χ2n) is 4.01. The lowest BCUT2D eigenvalue weighted by molar-refractivity contribution is 0.707. The third kappa shape index (κ3) is 1.84. The molecule has 2 heteroatoms. The standard InChI is InChI=1S/C13H16N2/c1-4-9(2)12-8-13-11(10(3)15-12)6-5-7-14-13/h5-9H,4H2,1-3H3. The molecule has 2 nitrogen and oxygen atoms in total. The van der Waals surface area contributed by atoms with Gasteiger partial charge in [0.2, 0.25) is 0 Å². The van der Waals surface area contributed by atoms with Crippen molar-refractivity contribution >= 4 is 10.9 Å². The zero-order valence-electron chi connectivity index (χ0n) is 9.49. The average Bonchev–Trinajstić information content (AvgIpc) is 2.28. The Labute approximate surface area is 90.4 Å². The van der Waals surface area contributed by atoms with Gasteiger partial charge in [-0.1, -0.05) is 13.8 Å². The van der Waals surface area contributed by atoms with Crippen molar-refractivity contribution < 1.29 is 0 Å². The Hall–Kier alpha value is -1.44. The van der Waals surface area contributed by atoms with Crippen molar-refractivity contribution in [3.05, 3.63) is 35.8 Å². The van der Waals surface area contributed by atoms with Crippen LogP contribution in [-0.4, -0.2) is 9.97 Å². The smallest absolute Gasteiger partial charge is 0.0738 e. The monoisotopic (exact) mass is 200 g/mol. The summed E-state index contributed by atoms with van der Waals surface area (Å²) in [5.74, 6) is 0.509. The van der Waals surface area contributed by atoms with E-state index in [0.29, 0.717) is 5.92 Å². The number of hydrogen-bond acceptors (Lipinski definition) is 2. The minimum atomic E-state index is 0.509. The van der Waals surface area contributed by atoms with Crippen molar-refractivity contribution in [2.24, 2.45) is 0 Å². The van der Waals surface area contributed by atoms with Gasteiger partial charge in [-0.15, -0.1) is 0 Å². The number of rotatable bonds is 2. The SMILES string of the molecule is CCC(C)c1cc2ncccc2c(C)n1. The average molecular weight is 200 g/mol. The first-order chi connectivity index (χ1) is 7.22. The predicted molar refractivity (Wildman–Crippen MR) is 63.0 cm³/mol. The first-order valence-electron chi connectivity index (χ1n) is 5.44. The van der Waals surface area contributed by atoms with E-state index >= 15 is 0 Å². The van der Waals surface area contributed by atoms with Gasteiger partial charge in [0, 0.05) is 23.0 Å². The molecule has 78 valence electrons. The maximum absolute atomic E-state index is 4.63. The number of pyridine rings is 2. The lowest BCUT2D eigenvalue weighted by atomic mass is 10.0. The lowest BCUT2D eigenvalue weighted by Crippen LogP contribution is -1.98. The van der Waals surface area contributed by atoms with Crippen LogP contribution in [0.25, 0.3) is 10.9 Å². The molecule has 2 heterocycles. The van der Waals surface area contributed by atoms with Crippen LogP contribution in [0.3, 0.4) is 0 Å². The molecule has 0 aromatic carbocycles. The van der Waals surface area contributed by atoms with Gasteiger partial charge >= 0.3 is 0 Å². The molecule has 0 N–H and O–H groups in total. The predicted octanol–water partition coefficient (Wildman–Crippen LogP) is 3.45. The molecule has 0 aliphatic rings. The fourth-order valence-electron chi connectivity index (χ4n) is 1.73. The molecule has 0 amide bonds. The van der Waals surface area contributed by atoms with Gasteiger partial charge in [0.1, 0.15) is 0 Å². The molecule has 0 saturated carbocycles. The Morgan fingerprint density at radius 3 is 2.93 bits per heavy atom. The molecule has 2 aromatic heterocycles. The quantitative estimate of drug-likeness (QED) is 0.742. The summed E-state index contributed by atoms with van der Waals surface area (Å²) in [4.78, 5) is 9.01. The van der Waals surface area contributed by atoms with Crippen LogP contribution in [0.4, 0.5) is 0 Å². The van der Waals surface area contributed by atoms with Gasteiger partial charge in [0.25, 0.3) is 0 Å². The summed E-state index contributed by atoms with van der Waals surface area (Å²) in [6.07, 6.45) is 2.95. The molecule has 1 unspecified atom stereocenters. The Balaban J connectivity index is 2.62. The van der Waals surface area contributed by atoms with Crippen LogP contribution in [0.2, 0.25) is 0 Å². The van der Waals surface area contributed by atoms with Gasteiger partial charge < -0.3 is 0 Å². The van der Waals surface area contributed by atoms with E-state index in [0.717, 1.165) is 28.7 Å². The first kappa shape index (κ1) is 10.1. The maximum atomic E-state index is 4.63. The molecule has 2 rings (SSSR count). The van der Waals surface area contributed by atoms with Gasteiger partial charge in [-0.2, -0.15) is 0 Å². The number of nitrogens with zero attached hydrogens (tertiary/aromatic N) is 2. The Kier molecular flexibility index (Phi) is 2.67. The van der Waals surface area contributed by atoms with E-state index in [1.807, 2.05) is 12.3 Å². The summed E-state index contributed by atoms with van der Waals surface area (Å²) in [6, 6.07) is 6.14. The van der Waals surface area contributed by atoms with Crippen LogP contribution in [0.15, 0.2) is 24.4 Å². The summed E-state index contributed by atoms with van der Waals surface area (Å²) >= 11 is 0. The molecule has 2 aromatic rings. The van der Waals surface area contributed by atoms with Crippen molar-refractivity contribution in [2.45, 2.75) is 33.1 Å². The zero-order valence-corrected chi connectivity index (χ0v) is 9.49. The molecule has 0 aliphatic carbocycles. The zero-order chi connectivity index (χ0) is 10.8. The summed E-state index contributed by atoms with van der Waals surface area (Å²) in [7, 11) is 0. The maximum Gasteiger partial charge on any atom is 0.0738 e.